The third-order valence-electron chi connectivity index (χ3n) is 5.97. The van der Waals surface area contributed by atoms with Crippen LogP contribution in [0.15, 0.2) is 54.6 Å². The summed E-state index contributed by atoms with van der Waals surface area (Å²) >= 11 is 1.81. The number of carbonyl (C=O) groups excluding carboxylic acids is 2. The monoisotopic (exact) mass is 425 g/mol. The third-order valence-corrected chi connectivity index (χ3v) is 7.40. The summed E-state index contributed by atoms with van der Waals surface area (Å²) in [7, 11) is 1.66. The van der Waals surface area contributed by atoms with Gasteiger partial charge in [0.1, 0.15) is 5.75 Å². The van der Waals surface area contributed by atoms with Gasteiger partial charge in [-0.25, -0.2) is 0 Å². The molecule has 6 nitrogen and oxygen atoms in total. The number of nitrogens with zero attached hydrogens (tertiary/aromatic N) is 1. The van der Waals surface area contributed by atoms with Crippen LogP contribution < -0.4 is 15.6 Å². The van der Waals surface area contributed by atoms with Crippen molar-refractivity contribution in [3.05, 3.63) is 65.7 Å². The van der Waals surface area contributed by atoms with Crippen molar-refractivity contribution in [3.63, 3.8) is 0 Å². The lowest BCUT2D eigenvalue weighted by Crippen LogP contribution is -2.59. The molecule has 7 heteroatoms. The van der Waals surface area contributed by atoms with Crippen molar-refractivity contribution in [2.75, 3.05) is 20.2 Å². The smallest absolute Gasteiger partial charge is 0.269 e. The predicted molar refractivity (Wildman–Crippen MR) is 118 cm³/mol. The highest BCUT2D eigenvalue weighted by Crippen LogP contribution is 2.42. The predicted octanol–water partition coefficient (Wildman–Crippen LogP) is 3.06. The van der Waals surface area contributed by atoms with Crippen molar-refractivity contribution in [1.29, 1.82) is 0 Å². The average molecular weight is 426 g/mol. The molecular formula is C23H27N3O3S. The summed E-state index contributed by atoms with van der Waals surface area (Å²) in [6, 6.07) is 17.0. The fourth-order valence-corrected chi connectivity index (χ4v) is 5.84. The van der Waals surface area contributed by atoms with Gasteiger partial charge in [-0.05, 0) is 61.7 Å². The first-order valence-electron chi connectivity index (χ1n) is 10.3. The largest absolute Gasteiger partial charge is 0.497 e. The van der Waals surface area contributed by atoms with Crippen molar-refractivity contribution in [2.45, 2.75) is 24.0 Å². The fourth-order valence-electron chi connectivity index (χ4n) is 4.31. The molecular weight excluding hydrogens is 398 g/mol. The number of hydrogen-bond acceptors (Lipinski definition) is 5. The Bertz CT molecular complexity index is 867. The van der Waals surface area contributed by atoms with E-state index in [9.17, 15) is 9.59 Å². The molecule has 2 amide bonds. The quantitative estimate of drug-likeness (QED) is 0.696. The van der Waals surface area contributed by atoms with E-state index in [0.29, 0.717) is 11.5 Å². The molecule has 3 saturated heterocycles. The average Bonchev–Trinajstić information content (AvgIpc) is 2.82. The number of rotatable bonds is 6. The molecule has 2 bridgehead atoms. The van der Waals surface area contributed by atoms with Gasteiger partial charge in [0, 0.05) is 11.3 Å². The molecule has 2 aromatic carbocycles. The van der Waals surface area contributed by atoms with Crippen LogP contribution in [0.1, 0.15) is 28.8 Å². The Balaban J connectivity index is 1.39. The van der Waals surface area contributed by atoms with E-state index < -0.39 is 0 Å². The molecule has 158 valence electrons. The number of amides is 2. The molecule has 5 rings (SSSR count). The molecule has 30 heavy (non-hydrogen) atoms. The van der Waals surface area contributed by atoms with Gasteiger partial charge in [-0.15, -0.1) is 11.8 Å². The summed E-state index contributed by atoms with van der Waals surface area (Å²) in [5.74, 6) is 1.51. The first kappa shape index (κ1) is 20.8. The van der Waals surface area contributed by atoms with Crippen LogP contribution in [0.5, 0.6) is 5.75 Å². The lowest BCUT2D eigenvalue weighted by molar-refractivity contribution is -0.133. The molecule has 3 fully saturated rings. The summed E-state index contributed by atoms with van der Waals surface area (Å²) in [6.07, 6.45) is 2.06. The maximum absolute atomic E-state index is 13.0. The first-order valence-corrected chi connectivity index (χ1v) is 11.3. The SMILES string of the molecule is COc1ccc(CS[C@@H]2[C@@H](C(=O)NNC(=O)c3ccccc3)C3CCN2CC3)cc1. The summed E-state index contributed by atoms with van der Waals surface area (Å²) in [5, 5.41) is 0.119. The Morgan fingerprint density at radius 3 is 2.40 bits per heavy atom. The zero-order valence-electron chi connectivity index (χ0n) is 17.0. The van der Waals surface area contributed by atoms with E-state index in [1.54, 1.807) is 43.1 Å². The maximum Gasteiger partial charge on any atom is 0.269 e. The Morgan fingerprint density at radius 1 is 1.03 bits per heavy atom. The van der Waals surface area contributed by atoms with Crippen LogP contribution >= 0.6 is 11.8 Å². The number of ether oxygens (including phenoxy) is 1. The summed E-state index contributed by atoms with van der Waals surface area (Å²) in [4.78, 5) is 27.7. The van der Waals surface area contributed by atoms with Gasteiger partial charge in [-0.2, -0.15) is 0 Å². The van der Waals surface area contributed by atoms with Gasteiger partial charge in [0.15, 0.2) is 0 Å². The highest BCUT2D eigenvalue weighted by atomic mass is 32.2. The van der Waals surface area contributed by atoms with E-state index in [4.69, 9.17) is 4.74 Å². The molecule has 2 aromatic rings. The molecule has 2 atom stereocenters. The van der Waals surface area contributed by atoms with Gasteiger partial charge >= 0.3 is 0 Å². The number of hydrogen-bond donors (Lipinski definition) is 2. The van der Waals surface area contributed by atoms with Crippen LogP contribution in [0.3, 0.4) is 0 Å². The number of nitrogens with one attached hydrogen (secondary N) is 2. The van der Waals surface area contributed by atoms with Crippen LogP contribution in [0.4, 0.5) is 0 Å². The van der Waals surface area contributed by atoms with Gasteiger partial charge in [-0.3, -0.25) is 25.3 Å². The van der Waals surface area contributed by atoms with E-state index in [1.807, 2.05) is 18.2 Å². The minimum Gasteiger partial charge on any atom is -0.497 e. The molecule has 0 aliphatic carbocycles. The number of piperidine rings is 3. The van der Waals surface area contributed by atoms with Gasteiger partial charge in [0.05, 0.1) is 18.4 Å². The summed E-state index contributed by atoms with van der Waals surface area (Å²) in [5.41, 5.74) is 7.00. The number of methoxy groups -OCH3 is 1. The molecule has 2 N–H and O–H groups in total. The minimum atomic E-state index is -0.298. The lowest BCUT2D eigenvalue weighted by atomic mass is 9.78. The van der Waals surface area contributed by atoms with Crippen LogP contribution in [0, 0.1) is 11.8 Å². The molecule has 3 aliphatic rings. The van der Waals surface area contributed by atoms with Crippen LogP contribution in [-0.2, 0) is 10.5 Å². The van der Waals surface area contributed by atoms with Crippen LogP contribution in [0.25, 0.3) is 0 Å². The zero-order valence-corrected chi connectivity index (χ0v) is 17.9. The van der Waals surface area contributed by atoms with E-state index in [1.165, 1.54) is 5.56 Å². The van der Waals surface area contributed by atoms with Crippen molar-refractivity contribution in [3.8, 4) is 5.75 Å². The Labute approximate surface area is 181 Å². The molecule has 0 aromatic heterocycles. The van der Waals surface area contributed by atoms with Gasteiger partial charge in [-0.1, -0.05) is 30.3 Å². The standard InChI is InChI=1S/C23H27N3O3S/c1-29-19-9-7-16(8-10-19)15-30-23-20(17-11-13-26(23)14-12-17)22(28)25-24-21(27)18-5-3-2-4-6-18/h2-10,17,20,23H,11-15H2,1H3,(H,24,27)(H,25,28)/t20-,23-/m1/s1. The highest BCUT2D eigenvalue weighted by molar-refractivity contribution is 7.99. The van der Waals surface area contributed by atoms with Crippen molar-refractivity contribution in [2.24, 2.45) is 11.8 Å². The van der Waals surface area contributed by atoms with Crippen molar-refractivity contribution < 1.29 is 14.3 Å². The number of carbonyl (C=O) groups is 2. The lowest BCUT2D eigenvalue weighted by Gasteiger charge is -2.49. The topological polar surface area (TPSA) is 70.7 Å². The maximum atomic E-state index is 13.0. The second-order valence-corrected chi connectivity index (χ2v) is 8.86. The van der Waals surface area contributed by atoms with Crippen molar-refractivity contribution in [1.82, 2.24) is 15.8 Å². The minimum absolute atomic E-state index is 0.0964. The second-order valence-electron chi connectivity index (χ2n) is 7.76. The second kappa shape index (κ2) is 9.53. The summed E-state index contributed by atoms with van der Waals surface area (Å²) < 4.78 is 5.23. The fraction of sp³-hybridized carbons (Fsp3) is 0.391. The zero-order chi connectivity index (χ0) is 20.9. The molecule has 0 spiro atoms. The van der Waals surface area contributed by atoms with E-state index >= 15 is 0 Å². The van der Waals surface area contributed by atoms with Crippen LogP contribution in [0.2, 0.25) is 0 Å². The molecule has 0 radical (unpaired) electrons. The molecule has 3 heterocycles. The number of hydrazine groups is 1. The summed E-state index contributed by atoms with van der Waals surface area (Å²) in [6.45, 7) is 2.07. The Morgan fingerprint density at radius 2 is 1.73 bits per heavy atom. The molecule has 0 unspecified atom stereocenters. The molecule has 0 saturated carbocycles. The Kier molecular flexibility index (Phi) is 6.59. The number of benzene rings is 2. The van der Waals surface area contributed by atoms with E-state index in [2.05, 4.69) is 27.9 Å². The van der Waals surface area contributed by atoms with E-state index in [-0.39, 0.29) is 23.1 Å². The highest BCUT2D eigenvalue weighted by Gasteiger charge is 2.46. The first-order chi connectivity index (χ1) is 14.7. The Hall–Kier alpha value is -2.51. The van der Waals surface area contributed by atoms with Gasteiger partial charge in [0.2, 0.25) is 5.91 Å². The third kappa shape index (κ3) is 4.63. The normalized spacial score (nSPS) is 24.8. The molecule has 3 aliphatic heterocycles. The van der Waals surface area contributed by atoms with E-state index in [0.717, 1.165) is 37.4 Å². The number of fused-ring (bicyclic) bond motifs is 3. The number of thioether (sulfide) groups is 1. The van der Waals surface area contributed by atoms with Crippen molar-refractivity contribution >= 4 is 23.6 Å². The van der Waals surface area contributed by atoms with Crippen LogP contribution in [-0.4, -0.2) is 42.3 Å². The van der Waals surface area contributed by atoms with Gasteiger partial charge < -0.3 is 4.74 Å². The van der Waals surface area contributed by atoms with Gasteiger partial charge in [0.25, 0.3) is 5.91 Å².